The number of ether oxygens (including phenoxy) is 2. The largest absolute Gasteiger partial charge is 0.616 e. The summed E-state index contributed by atoms with van der Waals surface area (Å²) in [5, 5.41) is 0.378. The van der Waals surface area contributed by atoms with Gasteiger partial charge in [0.05, 0.1) is 5.56 Å². The van der Waals surface area contributed by atoms with E-state index in [0.717, 1.165) is 23.3 Å². The van der Waals surface area contributed by atoms with Crippen LogP contribution in [0.3, 0.4) is 0 Å². The van der Waals surface area contributed by atoms with Crippen LogP contribution in [-0.4, -0.2) is 29.3 Å². The minimum atomic E-state index is -4.36. The first kappa shape index (κ1) is 22.2. The third-order valence-corrected chi connectivity index (χ3v) is 6.35. The van der Waals surface area contributed by atoms with Gasteiger partial charge in [-0.15, -0.1) is 0 Å². The van der Waals surface area contributed by atoms with Crippen molar-refractivity contribution in [3.05, 3.63) is 75.8 Å². The Morgan fingerprint density at radius 3 is 2.24 bits per heavy atom. The van der Waals surface area contributed by atoms with Crippen LogP contribution in [0.1, 0.15) is 23.6 Å². The van der Waals surface area contributed by atoms with Gasteiger partial charge in [-0.1, -0.05) is 41.9 Å². The summed E-state index contributed by atoms with van der Waals surface area (Å²) in [7, 11) is 0. The van der Waals surface area contributed by atoms with Gasteiger partial charge in [-0.2, -0.15) is 13.2 Å². The molecule has 1 unspecified atom stereocenters. The Morgan fingerprint density at radius 2 is 1.69 bits per heavy atom. The third kappa shape index (κ3) is 6.23. The summed E-state index contributed by atoms with van der Waals surface area (Å²) in [5.41, 5.74) is 1.58. The molecule has 0 radical (unpaired) electrons. The number of hydrogen-bond acceptors (Lipinski definition) is 3. The van der Waals surface area contributed by atoms with Crippen LogP contribution < -0.4 is 0 Å². The molecule has 0 aromatic heterocycles. The number of benzene rings is 2. The van der Waals surface area contributed by atoms with Crippen LogP contribution in [-0.2, 0) is 32.6 Å². The zero-order valence-electron chi connectivity index (χ0n) is 15.6. The molecule has 29 heavy (non-hydrogen) atoms. The first-order valence-corrected chi connectivity index (χ1v) is 10.7. The molecular formula is C21H20ClF3O3S. The maximum Gasteiger partial charge on any atom is 0.416 e. The fourth-order valence-electron chi connectivity index (χ4n) is 2.86. The van der Waals surface area contributed by atoms with Crippen LogP contribution in [0.5, 0.6) is 0 Å². The normalized spacial score (nSPS) is 21.8. The van der Waals surface area contributed by atoms with E-state index < -0.39 is 29.2 Å². The maximum atomic E-state index is 12.6. The van der Waals surface area contributed by atoms with Crippen molar-refractivity contribution in [1.29, 1.82) is 0 Å². The van der Waals surface area contributed by atoms with Gasteiger partial charge in [-0.3, -0.25) is 0 Å². The third-order valence-electron chi connectivity index (χ3n) is 4.47. The number of hydrogen-bond donors (Lipinski definition) is 0. The second-order valence-electron chi connectivity index (χ2n) is 6.78. The highest BCUT2D eigenvalue weighted by Gasteiger charge is 2.32. The highest BCUT2D eigenvalue weighted by atomic mass is 35.5. The fraction of sp³-hybridized carbons (Fsp3) is 0.333. The number of rotatable bonds is 5. The monoisotopic (exact) mass is 444 g/mol. The van der Waals surface area contributed by atoms with Crippen LogP contribution in [0.2, 0.25) is 5.02 Å². The van der Waals surface area contributed by atoms with E-state index in [2.05, 4.69) is 0 Å². The molecule has 2 aromatic carbocycles. The quantitative estimate of drug-likeness (QED) is 0.575. The van der Waals surface area contributed by atoms with Crippen LogP contribution in [0.15, 0.2) is 54.1 Å². The van der Waals surface area contributed by atoms with Gasteiger partial charge in [-0.25, -0.2) is 0 Å². The molecule has 3 rings (SSSR count). The fourth-order valence-corrected chi connectivity index (χ4v) is 4.21. The molecule has 1 heterocycles. The second-order valence-corrected chi connectivity index (χ2v) is 8.93. The van der Waals surface area contributed by atoms with E-state index in [1.807, 2.05) is 12.1 Å². The van der Waals surface area contributed by atoms with Crippen molar-refractivity contribution in [3.63, 3.8) is 0 Å². The summed E-state index contributed by atoms with van der Waals surface area (Å²) >= 11 is 4.70. The highest BCUT2D eigenvalue weighted by Crippen LogP contribution is 2.29. The Kier molecular flexibility index (Phi) is 7.29. The maximum absolute atomic E-state index is 12.6. The van der Waals surface area contributed by atoms with Crippen molar-refractivity contribution >= 4 is 28.9 Å². The van der Waals surface area contributed by atoms with Gasteiger partial charge in [0.25, 0.3) is 0 Å². The molecule has 2 aromatic rings. The van der Waals surface area contributed by atoms with Crippen molar-refractivity contribution in [2.24, 2.45) is 0 Å². The topological polar surface area (TPSA) is 41.5 Å². The molecule has 1 aliphatic rings. The lowest BCUT2D eigenvalue weighted by atomic mass is 10.1. The van der Waals surface area contributed by atoms with E-state index in [1.165, 1.54) is 12.1 Å². The summed E-state index contributed by atoms with van der Waals surface area (Å²) < 4.78 is 61.9. The summed E-state index contributed by atoms with van der Waals surface area (Å²) in [5.74, 6) is 0.388. The Balaban J connectivity index is 1.54. The molecule has 8 heteroatoms. The van der Waals surface area contributed by atoms with Gasteiger partial charge in [0.1, 0.15) is 19.0 Å². The molecule has 0 spiro atoms. The number of halogens is 4. The van der Waals surface area contributed by atoms with Gasteiger partial charge in [0.2, 0.25) is 0 Å². The summed E-state index contributed by atoms with van der Waals surface area (Å²) in [6.45, 7) is 2.35. The smallest absolute Gasteiger partial charge is 0.416 e. The van der Waals surface area contributed by atoms with Crippen molar-refractivity contribution in [2.75, 3.05) is 13.2 Å². The van der Waals surface area contributed by atoms with Crippen molar-refractivity contribution in [2.45, 2.75) is 30.4 Å². The molecular weight excluding hydrogens is 425 g/mol. The van der Waals surface area contributed by atoms with Gasteiger partial charge >= 0.3 is 6.18 Å². The van der Waals surface area contributed by atoms with Gasteiger partial charge < -0.3 is 14.0 Å². The first-order valence-electron chi connectivity index (χ1n) is 8.92. The van der Waals surface area contributed by atoms with Crippen molar-refractivity contribution < 1.29 is 27.2 Å². The van der Waals surface area contributed by atoms with Gasteiger partial charge in [0, 0.05) is 10.6 Å². The summed E-state index contributed by atoms with van der Waals surface area (Å²) in [6, 6.07) is 12.1. The van der Waals surface area contributed by atoms with E-state index in [-0.39, 0.29) is 18.5 Å². The second kappa shape index (κ2) is 9.53. The van der Waals surface area contributed by atoms with E-state index in [4.69, 9.17) is 21.1 Å². The van der Waals surface area contributed by atoms with Gasteiger partial charge in [0.15, 0.2) is 11.5 Å². The van der Waals surface area contributed by atoms with E-state index >= 15 is 0 Å². The summed E-state index contributed by atoms with van der Waals surface area (Å²) in [6.07, 6.45) is -3.25. The lowest BCUT2D eigenvalue weighted by Gasteiger charge is -2.31. The lowest BCUT2D eigenvalue weighted by molar-refractivity contribution is -0.153. The minimum absolute atomic E-state index is 0.249. The van der Waals surface area contributed by atoms with Crippen molar-refractivity contribution in [3.8, 4) is 0 Å². The molecule has 0 N–H and O–H groups in total. The molecule has 0 aliphatic carbocycles. The molecule has 1 saturated heterocycles. The van der Waals surface area contributed by atoms with Crippen LogP contribution in [0.4, 0.5) is 13.2 Å². The predicted octanol–water partition coefficient (Wildman–Crippen LogP) is 5.45. The van der Waals surface area contributed by atoms with E-state index in [9.17, 15) is 17.7 Å². The van der Waals surface area contributed by atoms with Crippen LogP contribution in [0.25, 0.3) is 6.08 Å². The highest BCUT2D eigenvalue weighted by molar-refractivity contribution is 7.91. The van der Waals surface area contributed by atoms with Crippen LogP contribution in [0, 0.1) is 0 Å². The predicted molar refractivity (Wildman–Crippen MR) is 108 cm³/mol. The minimum Gasteiger partial charge on any atom is -0.616 e. The standard InChI is InChI=1S/C21H20ClF3O3S/c1-14(10-15-2-6-17(7-3-15)21(23,24)25)20-27-11-19(12-28-20)29(26)13-16-4-8-18(22)9-5-16/h2-10,19-20H,11-13H2,1H3/b14-10+/t19-,20-,29?. The number of alkyl halides is 3. The van der Waals surface area contributed by atoms with E-state index in [0.29, 0.717) is 16.3 Å². The first-order chi connectivity index (χ1) is 13.7. The molecule has 1 fully saturated rings. The molecule has 156 valence electrons. The molecule has 0 saturated carbocycles. The Hall–Kier alpha value is -1.51. The average Bonchev–Trinajstić information content (AvgIpc) is 2.69. The van der Waals surface area contributed by atoms with E-state index in [1.54, 1.807) is 25.1 Å². The van der Waals surface area contributed by atoms with Crippen molar-refractivity contribution in [1.82, 2.24) is 0 Å². The Morgan fingerprint density at radius 1 is 1.10 bits per heavy atom. The zero-order valence-corrected chi connectivity index (χ0v) is 17.2. The molecule has 1 atom stereocenters. The molecule has 0 bridgehead atoms. The van der Waals surface area contributed by atoms with Gasteiger partial charge in [-0.05, 0) is 53.5 Å². The Bertz CT molecular complexity index is 830. The average molecular weight is 445 g/mol. The van der Waals surface area contributed by atoms with Crippen LogP contribution >= 0.6 is 11.6 Å². The summed E-state index contributed by atoms with van der Waals surface area (Å²) in [4.78, 5) is 0. The Labute approximate surface area is 175 Å². The zero-order chi connectivity index (χ0) is 21.0. The molecule has 1 aliphatic heterocycles. The molecule has 0 amide bonds. The molecule has 3 nitrogen and oxygen atoms in total. The SMILES string of the molecule is C/C(=C\c1ccc(C(F)(F)F)cc1)[C@H]1OC[C@H]([S+]([O-])Cc2ccc(Cl)cc2)CO1. The lowest BCUT2D eigenvalue weighted by Crippen LogP contribution is -2.41.